The Bertz CT molecular complexity index is 1200. The first-order chi connectivity index (χ1) is 18.8. The molecule has 5 nitrogen and oxygen atoms in total. The molecule has 0 aliphatic heterocycles. The molecule has 3 aromatic rings. The number of carbonyl (C=O) groups is 1. The molecule has 9 heteroatoms. The summed E-state index contributed by atoms with van der Waals surface area (Å²) < 4.78 is 56.5. The molecule has 220 valence electrons. The second-order valence-corrected chi connectivity index (χ2v) is 8.50. The fourth-order valence-electron chi connectivity index (χ4n) is 3.01. The van der Waals surface area contributed by atoms with E-state index in [1.54, 1.807) is 32.2 Å². The first kappa shape index (κ1) is 36.1. The Morgan fingerprint density at radius 1 is 1.10 bits per heavy atom. The number of aryl methyl sites for hydroxylation is 3. The van der Waals surface area contributed by atoms with E-state index in [2.05, 4.69) is 18.3 Å². The summed E-state index contributed by atoms with van der Waals surface area (Å²) in [5, 5.41) is 13.2. The van der Waals surface area contributed by atoms with Crippen molar-refractivity contribution in [2.45, 2.75) is 67.2 Å². The third-order valence-electron chi connectivity index (χ3n) is 5.00. The molecule has 0 unspecified atom stereocenters. The number of nitrogens with zero attached hydrogens (tertiary/aromatic N) is 2. The van der Waals surface area contributed by atoms with Gasteiger partial charge in [-0.1, -0.05) is 32.6 Å². The number of aliphatic carboxylic acids is 1. The molecule has 1 heterocycles. The van der Waals surface area contributed by atoms with Crippen LogP contribution in [0.25, 0.3) is 5.69 Å². The van der Waals surface area contributed by atoms with Crippen LogP contribution in [0.5, 0.6) is 5.75 Å². The van der Waals surface area contributed by atoms with Crippen molar-refractivity contribution in [1.82, 2.24) is 9.78 Å². The first-order valence-electron chi connectivity index (χ1n) is 12.8. The van der Waals surface area contributed by atoms with Gasteiger partial charge in [-0.05, 0) is 87.2 Å². The van der Waals surface area contributed by atoms with E-state index in [-0.39, 0.29) is 19.7 Å². The molecule has 40 heavy (non-hydrogen) atoms. The van der Waals surface area contributed by atoms with Crippen molar-refractivity contribution in [1.29, 1.82) is 0 Å². The third-order valence-corrected chi connectivity index (χ3v) is 5.00. The van der Waals surface area contributed by atoms with Crippen LogP contribution in [0.1, 0.15) is 62.1 Å². The summed E-state index contributed by atoms with van der Waals surface area (Å²) in [4.78, 5) is 10.7. The van der Waals surface area contributed by atoms with Gasteiger partial charge in [-0.3, -0.25) is 4.79 Å². The quantitative estimate of drug-likeness (QED) is 0.219. The van der Waals surface area contributed by atoms with Gasteiger partial charge < -0.3 is 9.84 Å². The van der Waals surface area contributed by atoms with E-state index in [0.29, 0.717) is 29.1 Å². The van der Waals surface area contributed by atoms with Crippen LogP contribution in [0, 0.1) is 13.8 Å². The third kappa shape index (κ3) is 13.3. The standard InChI is InChI=1S/C22H21F3N2O3.C4H7F.C3H6.C2H6/c1-14-11-20(9-3-16(14)4-10-21(28)29)30-13-17-12-27(26-15(17)2)19-7-5-18(6-8-19)22(23,24)25;1-4(2)3-5;1-3-2;1-2/h3,5-9,11-12H,4,10,13H2,1-2H3,(H,28,29);1,3H2,2H3;3H,1H2,2H3;1-2H3. The lowest BCUT2D eigenvalue weighted by Crippen LogP contribution is -2.05. The van der Waals surface area contributed by atoms with Crippen molar-refractivity contribution in [2.24, 2.45) is 0 Å². The molecule has 0 amide bonds. The zero-order valence-corrected chi connectivity index (χ0v) is 24.1. The molecule has 0 bridgehead atoms. The van der Waals surface area contributed by atoms with Crippen molar-refractivity contribution in [3.63, 3.8) is 0 Å². The zero-order valence-electron chi connectivity index (χ0n) is 24.1. The Hall–Kier alpha value is -3.88. The van der Waals surface area contributed by atoms with Gasteiger partial charge in [0.1, 0.15) is 19.0 Å². The largest absolute Gasteiger partial charge is 0.489 e. The number of allylic oxidation sites excluding steroid dienone is 2. The van der Waals surface area contributed by atoms with Gasteiger partial charge in [-0.15, -0.1) is 6.58 Å². The monoisotopic (exact) mass is 564 g/mol. The molecule has 0 fully saturated rings. The van der Waals surface area contributed by atoms with E-state index < -0.39 is 17.7 Å². The lowest BCUT2D eigenvalue weighted by Gasteiger charge is -2.09. The summed E-state index contributed by atoms with van der Waals surface area (Å²) in [7, 11) is 0. The minimum Gasteiger partial charge on any atom is -0.489 e. The number of rotatable bonds is 8. The molecule has 0 aliphatic carbocycles. The molecule has 2 aromatic carbocycles. The first-order valence-corrected chi connectivity index (χ1v) is 12.8. The van der Waals surface area contributed by atoms with Crippen molar-refractivity contribution < 1.29 is 32.2 Å². The average molecular weight is 565 g/mol. The van der Waals surface area contributed by atoms with Crippen LogP contribution in [0.15, 0.2) is 73.5 Å². The van der Waals surface area contributed by atoms with Crippen molar-refractivity contribution in [3.8, 4) is 11.4 Å². The molecule has 0 radical (unpaired) electrons. The molecule has 1 N–H and O–H groups in total. The number of benzene rings is 2. The number of carboxylic acid groups (broad SMARTS) is 1. The Morgan fingerprint density at radius 3 is 2.10 bits per heavy atom. The molecular weight excluding hydrogens is 524 g/mol. The van der Waals surface area contributed by atoms with Gasteiger partial charge in [0.2, 0.25) is 0 Å². The second kappa shape index (κ2) is 18.4. The van der Waals surface area contributed by atoms with Crippen LogP contribution in [0.3, 0.4) is 0 Å². The van der Waals surface area contributed by atoms with Gasteiger partial charge in [-0.25, -0.2) is 9.07 Å². The lowest BCUT2D eigenvalue weighted by atomic mass is 10.0. The van der Waals surface area contributed by atoms with E-state index in [4.69, 9.17) is 9.84 Å². The van der Waals surface area contributed by atoms with Crippen LogP contribution >= 0.6 is 0 Å². The summed E-state index contributed by atoms with van der Waals surface area (Å²) in [6.07, 6.45) is -0.366. The van der Waals surface area contributed by atoms with Crippen molar-refractivity contribution in [2.75, 3.05) is 6.67 Å². The molecule has 0 saturated carbocycles. The molecule has 1 aromatic heterocycles. The maximum atomic E-state index is 12.7. The number of carboxylic acids is 1. The minimum atomic E-state index is -4.38. The van der Waals surface area contributed by atoms with Crippen molar-refractivity contribution >= 4 is 5.97 Å². The lowest BCUT2D eigenvalue weighted by molar-refractivity contribution is -0.138. The summed E-state index contributed by atoms with van der Waals surface area (Å²) in [6, 6.07) is 10.3. The average Bonchev–Trinajstić information content (AvgIpc) is 3.28. The highest BCUT2D eigenvalue weighted by molar-refractivity contribution is 5.67. The van der Waals surface area contributed by atoms with Crippen LogP contribution < -0.4 is 4.74 Å². The Kier molecular flexibility index (Phi) is 16.6. The fraction of sp³-hybridized carbons (Fsp3) is 0.355. The summed E-state index contributed by atoms with van der Waals surface area (Å²) in [5.74, 6) is -0.191. The van der Waals surface area contributed by atoms with Gasteiger partial charge in [0.15, 0.2) is 0 Å². The van der Waals surface area contributed by atoms with Crippen molar-refractivity contribution in [3.05, 3.63) is 101 Å². The van der Waals surface area contributed by atoms with Gasteiger partial charge >= 0.3 is 12.1 Å². The Labute approximate surface area is 234 Å². The van der Waals surface area contributed by atoms with Crippen LogP contribution in [0.4, 0.5) is 17.6 Å². The summed E-state index contributed by atoms with van der Waals surface area (Å²) in [6.45, 7) is 17.8. The van der Waals surface area contributed by atoms with E-state index >= 15 is 0 Å². The smallest absolute Gasteiger partial charge is 0.416 e. The molecule has 0 saturated heterocycles. The normalized spacial score (nSPS) is 10.1. The zero-order chi connectivity index (χ0) is 30.9. The molecule has 3 rings (SSSR count). The van der Waals surface area contributed by atoms with Gasteiger partial charge in [0.05, 0.1) is 16.9 Å². The number of aromatic nitrogens is 2. The highest BCUT2D eigenvalue weighted by atomic mass is 19.4. The van der Waals surface area contributed by atoms with Gasteiger partial charge in [0.25, 0.3) is 0 Å². The van der Waals surface area contributed by atoms with Crippen LogP contribution in [-0.2, 0) is 24.0 Å². The number of halogens is 4. The molecular formula is C31H40F4N2O3. The fourth-order valence-corrected chi connectivity index (χ4v) is 3.01. The van der Waals surface area contributed by atoms with Gasteiger partial charge in [0, 0.05) is 18.2 Å². The molecule has 0 spiro atoms. The maximum absolute atomic E-state index is 12.7. The van der Waals surface area contributed by atoms with Gasteiger partial charge in [-0.2, -0.15) is 18.3 Å². The van der Waals surface area contributed by atoms with E-state index in [1.807, 2.05) is 39.8 Å². The number of alkyl halides is 4. The highest BCUT2D eigenvalue weighted by Gasteiger charge is 2.30. The molecule has 0 aliphatic rings. The topological polar surface area (TPSA) is 64.4 Å². The number of hydrogen-bond acceptors (Lipinski definition) is 3. The Balaban J connectivity index is 0.00000132. The minimum absolute atomic E-state index is 0.0728. The van der Waals surface area contributed by atoms with E-state index in [9.17, 15) is 22.4 Å². The molecule has 0 atom stereocenters. The number of hydrogen-bond donors (Lipinski definition) is 1. The maximum Gasteiger partial charge on any atom is 0.416 e. The summed E-state index contributed by atoms with van der Waals surface area (Å²) in [5.41, 5.74) is 3.83. The predicted octanol–water partition coefficient (Wildman–Crippen LogP) is 8.85. The van der Waals surface area contributed by atoms with E-state index in [0.717, 1.165) is 28.8 Å². The Morgan fingerprint density at radius 2 is 1.65 bits per heavy atom. The second-order valence-electron chi connectivity index (χ2n) is 8.50. The van der Waals surface area contributed by atoms with E-state index in [1.165, 1.54) is 16.8 Å². The summed E-state index contributed by atoms with van der Waals surface area (Å²) >= 11 is 0. The van der Waals surface area contributed by atoms with Crippen LogP contribution in [-0.4, -0.2) is 27.5 Å². The predicted molar refractivity (Wildman–Crippen MR) is 153 cm³/mol. The SMILES string of the molecule is C=C(C)CF.C=CC.CC.Cc1cc(OCc2cn(-c3ccc(C(F)(F)F)cc3)nc2C)ccc1CCC(=O)O. The highest BCUT2D eigenvalue weighted by Crippen LogP contribution is 2.29. The van der Waals surface area contributed by atoms with Crippen LogP contribution in [0.2, 0.25) is 0 Å². The number of ether oxygens (including phenoxy) is 1.